The monoisotopic (exact) mass is 413 g/mol. The predicted octanol–water partition coefficient (Wildman–Crippen LogP) is 1.83. The molecule has 0 bridgehead atoms. The van der Waals surface area contributed by atoms with E-state index in [9.17, 15) is 5.11 Å². The van der Waals surface area contributed by atoms with Crippen molar-refractivity contribution in [3.8, 4) is 0 Å². The summed E-state index contributed by atoms with van der Waals surface area (Å²) < 4.78 is 21.0. The first-order valence-corrected chi connectivity index (χ1v) is 13.2. The molecule has 0 atom stereocenters. The quantitative estimate of drug-likeness (QED) is 0.307. The van der Waals surface area contributed by atoms with E-state index in [1.54, 1.807) is 28.4 Å². The summed E-state index contributed by atoms with van der Waals surface area (Å²) in [6, 6.07) is 0. The van der Waals surface area contributed by atoms with Crippen LogP contribution in [0, 0.1) is 0 Å². The van der Waals surface area contributed by atoms with Crippen molar-refractivity contribution < 1.29 is 24.1 Å². The van der Waals surface area contributed by atoms with Gasteiger partial charge in [0, 0.05) is 48.1 Å². The third-order valence-electron chi connectivity index (χ3n) is 4.33. The van der Waals surface area contributed by atoms with E-state index in [0.29, 0.717) is 0 Å². The Hall–Kier alpha value is 0.620. The second-order valence-electron chi connectivity index (χ2n) is 6.22. The molecule has 0 aliphatic carbocycles. The summed E-state index contributed by atoms with van der Waals surface area (Å²) >= 11 is 0. The molecule has 6 nitrogen and oxygen atoms in total. The van der Waals surface area contributed by atoms with Gasteiger partial charge in [-0.3, -0.25) is 0 Å². The Morgan fingerprint density at radius 1 is 0.577 bits per heavy atom. The van der Waals surface area contributed by atoms with Crippen molar-refractivity contribution in [2.24, 2.45) is 0 Å². The van der Waals surface area contributed by atoms with Gasteiger partial charge in [-0.15, -0.1) is 15.8 Å². The minimum absolute atomic E-state index is 0.0684. The van der Waals surface area contributed by atoms with Crippen LogP contribution in [-0.2, 0) is 18.9 Å². The maximum Gasteiger partial charge on any atom is 0.0558 e. The van der Waals surface area contributed by atoms with Gasteiger partial charge < -0.3 is 29.0 Å². The molecular weight excluding hydrogens is 372 g/mol. The molecule has 0 aromatic carbocycles. The molecule has 0 aliphatic heterocycles. The maximum atomic E-state index is 9.42. The second kappa shape index (κ2) is 20.4. The summed E-state index contributed by atoms with van der Waals surface area (Å²) in [7, 11) is 6.94. The number of aliphatic hydroxyl groups excluding tert-OH is 1. The zero-order valence-corrected chi connectivity index (χ0v) is 19.1. The third kappa shape index (κ3) is 15.7. The highest BCUT2D eigenvalue weighted by Gasteiger charge is 2.14. The van der Waals surface area contributed by atoms with Crippen LogP contribution in [0.15, 0.2) is 0 Å². The number of methoxy groups -OCH3 is 4. The molecule has 0 unspecified atom stereocenters. The van der Waals surface area contributed by atoms with Crippen LogP contribution >= 0.6 is 15.8 Å². The molecule has 0 aromatic heterocycles. The molecule has 0 aromatic rings. The van der Waals surface area contributed by atoms with E-state index in [1.807, 2.05) is 0 Å². The first-order valence-electron chi connectivity index (χ1n) is 9.45. The summed E-state index contributed by atoms with van der Waals surface area (Å²) in [5.41, 5.74) is 0. The van der Waals surface area contributed by atoms with E-state index in [1.165, 1.54) is 12.3 Å². The van der Waals surface area contributed by atoms with Gasteiger partial charge in [0.1, 0.15) is 0 Å². The lowest BCUT2D eigenvalue weighted by molar-refractivity contribution is 0.206. The zero-order valence-electron chi connectivity index (χ0n) is 17.3. The second-order valence-corrected chi connectivity index (χ2v) is 11.6. The largest absolute Gasteiger partial charge is 0.395 e. The lowest BCUT2D eigenvalue weighted by Crippen LogP contribution is -2.32. The number of hydrogen-bond acceptors (Lipinski definition) is 6. The van der Waals surface area contributed by atoms with E-state index < -0.39 is 0 Å². The maximum absolute atomic E-state index is 9.42. The Morgan fingerprint density at radius 2 is 0.923 bits per heavy atom. The van der Waals surface area contributed by atoms with Crippen LogP contribution in [-0.4, -0.2) is 128 Å². The Bertz CT molecular complexity index is 250. The molecule has 0 aliphatic rings. The SMILES string of the molecule is COCCP(CCOC)CCN(CCO)CCP(CCOC)CCOC. The molecule has 0 amide bonds. The van der Waals surface area contributed by atoms with Crippen molar-refractivity contribution in [3.05, 3.63) is 0 Å². The number of ether oxygens (including phenoxy) is 4. The van der Waals surface area contributed by atoms with Crippen molar-refractivity contribution in [1.82, 2.24) is 4.90 Å². The average molecular weight is 413 g/mol. The lowest BCUT2D eigenvalue weighted by atomic mass is 10.5. The Balaban J connectivity index is 4.38. The van der Waals surface area contributed by atoms with Gasteiger partial charge >= 0.3 is 0 Å². The first kappa shape index (κ1) is 26.6. The van der Waals surface area contributed by atoms with Crippen molar-refractivity contribution in [3.63, 3.8) is 0 Å². The van der Waals surface area contributed by atoms with Gasteiger partial charge in [-0.05, 0) is 37.0 Å². The molecule has 26 heavy (non-hydrogen) atoms. The van der Waals surface area contributed by atoms with Gasteiger partial charge in [-0.1, -0.05) is 0 Å². The van der Waals surface area contributed by atoms with Crippen LogP contribution < -0.4 is 0 Å². The number of rotatable bonds is 20. The molecule has 0 heterocycles. The summed E-state index contributed by atoms with van der Waals surface area (Å²) in [6.45, 7) is 6.40. The highest BCUT2D eigenvalue weighted by Crippen LogP contribution is 2.36. The smallest absolute Gasteiger partial charge is 0.0558 e. The van der Waals surface area contributed by atoms with Crippen molar-refractivity contribution in [1.29, 1.82) is 0 Å². The topological polar surface area (TPSA) is 60.4 Å². The molecule has 0 spiro atoms. The van der Waals surface area contributed by atoms with Crippen LogP contribution in [0.25, 0.3) is 0 Å². The van der Waals surface area contributed by atoms with Crippen molar-refractivity contribution in [2.45, 2.75) is 0 Å². The van der Waals surface area contributed by atoms with Gasteiger partial charge in [0.05, 0.1) is 33.0 Å². The summed E-state index contributed by atoms with van der Waals surface area (Å²) in [6.07, 6.45) is 6.92. The van der Waals surface area contributed by atoms with Gasteiger partial charge in [-0.2, -0.15) is 0 Å². The Morgan fingerprint density at radius 3 is 1.19 bits per heavy atom. The summed E-state index contributed by atoms with van der Waals surface area (Å²) in [4.78, 5) is 2.42. The van der Waals surface area contributed by atoms with Gasteiger partial charge in [0.15, 0.2) is 0 Å². The fraction of sp³-hybridized carbons (Fsp3) is 1.00. The Kier molecular flexibility index (Phi) is 20.8. The van der Waals surface area contributed by atoms with Crippen LogP contribution in [0.1, 0.15) is 0 Å². The lowest BCUT2D eigenvalue weighted by Gasteiger charge is -2.27. The average Bonchev–Trinajstić information content (AvgIpc) is 2.66. The van der Waals surface area contributed by atoms with Gasteiger partial charge in [0.2, 0.25) is 0 Å². The van der Waals surface area contributed by atoms with Crippen LogP contribution in [0.2, 0.25) is 0 Å². The van der Waals surface area contributed by atoms with E-state index in [0.717, 1.165) is 70.7 Å². The van der Waals surface area contributed by atoms with Crippen LogP contribution in [0.3, 0.4) is 0 Å². The molecule has 1 N–H and O–H groups in total. The van der Waals surface area contributed by atoms with E-state index in [2.05, 4.69) is 4.90 Å². The molecule has 158 valence electrons. The standard InChI is InChI=1S/C18H41NO5P2/c1-21-9-15-25(16-10-22-2)13-6-19(5-8-20)7-14-26(17-11-23-3)18-12-24-4/h20H,5-18H2,1-4H3. The molecular formula is C18H41NO5P2. The summed E-state index contributed by atoms with van der Waals surface area (Å²) in [5.74, 6) is 0. The number of hydrogen-bond donors (Lipinski definition) is 1. The number of aliphatic hydroxyl groups is 1. The first-order chi connectivity index (χ1) is 12.7. The van der Waals surface area contributed by atoms with Gasteiger partial charge in [0.25, 0.3) is 0 Å². The zero-order chi connectivity index (χ0) is 19.5. The molecule has 0 saturated heterocycles. The molecule has 0 radical (unpaired) electrons. The molecule has 0 rings (SSSR count). The van der Waals surface area contributed by atoms with Crippen LogP contribution in [0.4, 0.5) is 0 Å². The van der Waals surface area contributed by atoms with Crippen molar-refractivity contribution >= 4 is 15.8 Å². The van der Waals surface area contributed by atoms with E-state index >= 15 is 0 Å². The highest BCUT2D eigenvalue weighted by atomic mass is 31.1. The molecule has 8 heteroatoms. The third-order valence-corrected chi connectivity index (χ3v) is 9.25. The van der Waals surface area contributed by atoms with Crippen LogP contribution in [0.5, 0.6) is 0 Å². The number of nitrogens with zero attached hydrogens (tertiary/aromatic N) is 1. The highest BCUT2D eigenvalue weighted by molar-refractivity contribution is 7.58. The van der Waals surface area contributed by atoms with E-state index in [-0.39, 0.29) is 22.5 Å². The molecule has 0 fully saturated rings. The minimum Gasteiger partial charge on any atom is -0.395 e. The minimum atomic E-state index is -0.0684. The predicted molar refractivity (Wildman–Crippen MR) is 114 cm³/mol. The van der Waals surface area contributed by atoms with E-state index in [4.69, 9.17) is 18.9 Å². The van der Waals surface area contributed by atoms with Crippen molar-refractivity contribution in [2.75, 3.05) is 118 Å². The summed E-state index contributed by atoms with van der Waals surface area (Å²) in [5, 5.41) is 9.42. The fourth-order valence-electron chi connectivity index (χ4n) is 2.59. The Labute approximate surface area is 163 Å². The van der Waals surface area contributed by atoms with Gasteiger partial charge in [-0.25, -0.2) is 0 Å². The fourth-order valence-corrected chi connectivity index (χ4v) is 6.83. The normalized spacial score (nSPS) is 12.0. The molecule has 0 saturated carbocycles.